The van der Waals surface area contributed by atoms with Gasteiger partial charge in [0.1, 0.15) is 11.6 Å². The van der Waals surface area contributed by atoms with Crippen molar-refractivity contribution in [1.29, 1.82) is 0 Å². The summed E-state index contributed by atoms with van der Waals surface area (Å²) in [6.45, 7) is 1.38. The van der Waals surface area contributed by atoms with Crippen molar-refractivity contribution in [3.63, 3.8) is 0 Å². The molecule has 1 aromatic carbocycles. The maximum atomic E-state index is 13.2. The van der Waals surface area contributed by atoms with E-state index in [1.54, 1.807) is 24.5 Å². The molecule has 0 saturated heterocycles. The molecule has 0 atom stereocenters. The number of ketones is 1. The third-order valence-electron chi connectivity index (χ3n) is 3.50. The molecule has 4 nitrogen and oxygen atoms in total. The van der Waals surface area contributed by atoms with Crippen LogP contribution in [0.25, 0.3) is 21.6 Å². The fourth-order valence-corrected chi connectivity index (χ4v) is 3.52. The Balaban J connectivity index is 2.01. The van der Waals surface area contributed by atoms with Crippen LogP contribution in [0.2, 0.25) is 0 Å². The van der Waals surface area contributed by atoms with Gasteiger partial charge in [-0.15, -0.1) is 11.3 Å². The minimum Gasteiger partial charge on any atom is -0.317 e. The van der Waals surface area contributed by atoms with Crippen LogP contribution in [0.1, 0.15) is 13.3 Å². The van der Waals surface area contributed by atoms with Crippen LogP contribution in [0.4, 0.5) is 9.39 Å². The number of carbonyl (C=O) groups excluding carboxylic acids is 2. The van der Waals surface area contributed by atoms with Crippen molar-refractivity contribution in [2.24, 2.45) is 0 Å². The molecule has 0 saturated carbocycles. The summed E-state index contributed by atoms with van der Waals surface area (Å²) in [7, 11) is 0. The highest BCUT2D eigenvalue weighted by Gasteiger charge is 2.15. The summed E-state index contributed by atoms with van der Waals surface area (Å²) >= 11 is 1.38. The Kier molecular flexibility index (Phi) is 5.00. The first-order valence-corrected chi connectivity index (χ1v) is 8.44. The van der Waals surface area contributed by atoms with E-state index in [0.29, 0.717) is 5.00 Å². The molecule has 0 aliphatic heterocycles. The number of hydrogen-bond acceptors (Lipinski definition) is 4. The first kappa shape index (κ1) is 17.0. The van der Waals surface area contributed by atoms with Gasteiger partial charge in [-0.1, -0.05) is 12.1 Å². The molecular weight excluding hydrogens is 339 g/mol. The second-order valence-corrected chi connectivity index (χ2v) is 6.58. The highest BCUT2D eigenvalue weighted by Crippen LogP contribution is 2.41. The number of pyridine rings is 1. The molecule has 1 amide bonds. The molecular formula is C19H15FN2O2S. The van der Waals surface area contributed by atoms with Gasteiger partial charge in [0.2, 0.25) is 5.91 Å². The van der Waals surface area contributed by atoms with E-state index in [0.717, 1.165) is 21.6 Å². The van der Waals surface area contributed by atoms with E-state index in [1.165, 1.54) is 30.4 Å². The Morgan fingerprint density at radius 3 is 2.40 bits per heavy atom. The lowest BCUT2D eigenvalue weighted by atomic mass is 10.0. The molecule has 126 valence electrons. The fraction of sp³-hybridized carbons (Fsp3) is 0.105. The van der Waals surface area contributed by atoms with Crippen LogP contribution in [0.5, 0.6) is 0 Å². The molecule has 0 fully saturated rings. The van der Waals surface area contributed by atoms with Crippen LogP contribution >= 0.6 is 11.3 Å². The molecule has 1 N–H and O–H groups in total. The number of hydrogen-bond donors (Lipinski definition) is 1. The predicted molar refractivity (Wildman–Crippen MR) is 96.9 cm³/mol. The van der Waals surface area contributed by atoms with E-state index < -0.39 is 0 Å². The second kappa shape index (κ2) is 7.36. The van der Waals surface area contributed by atoms with Crippen LogP contribution in [0.15, 0.2) is 54.9 Å². The molecule has 0 radical (unpaired) electrons. The van der Waals surface area contributed by atoms with Gasteiger partial charge in [-0.05, 0) is 48.4 Å². The Hall–Kier alpha value is -2.86. The van der Waals surface area contributed by atoms with Crippen molar-refractivity contribution in [1.82, 2.24) is 4.98 Å². The lowest BCUT2D eigenvalue weighted by Crippen LogP contribution is -2.13. The number of carbonyl (C=O) groups is 2. The average Bonchev–Trinajstić information content (AvgIpc) is 2.99. The molecule has 0 unspecified atom stereocenters. The Morgan fingerprint density at radius 1 is 1.08 bits per heavy atom. The quantitative estimate of drug-likeness (QED) is 0.685. The summed E-state index contributed by atoms with van der Waals surface area (Å²) in [6, 6.07) is 11.8. The molecule has 0 aliphatic rings. The molecule has 3 rings (SSSR count). The van der Waals surface area contributed by atoms with Gasteiger partial charge in [0.05, 0.1) is 11.4 Å². The summed E-state index contributed by atoms with van der Waals surface area (Å²) in [5.41, 5.74) is 2.71. The molecule has 0 bridgehead atoms. The number of benzene rings is 1. The molecule has 0 spiro atoms. The zero-order chi connectivity index (χ0) is 17.8. The van der Waals surface area contributed by atoms with Crippen molar-refractivity contribution >= 4 is 28.0 Å². The Labute approximate surface area is 148 Å². The number of halogens is 1. The molecule has 25 heavy (non-hydrogen) atoms. The zero-order valence-electron chi connectivity index (χ0n) is 13.5. The van der Waals surface area contributed by atoms with Crippen LogP contribution < -0.4 is 5.32 Å². The molecule has 0 aliphatic carbocycles. The summed E-state index contributed by atoms with van der Waals surface area (Å²) in [6.07, 6.45) is 3.22. The Bertz CT molecular complexity index is 905. The summed E-state index contributed by atoms with van der Waals surface area (Å²) in [5, 5.41) is 3.39. The third kappa shape index (κ3) is 4.16. The van der Waals surface area contributed by atoms with E-state index in [9.17, 15) is 14.0 Å². The molecule has 6 heteroatoms. The van der Waals surface area contributed by atoms with E-state index in [2.05, 4.69) is 10.3 Å². The van der Waals surface area contributed by atoms with Gasteiger partial charge in [0, 0.05) is 22.8 Å². The topological polar surface area (TPSA) is 59.1 Å². The van der Waals surface area contributed by atoms with Crippen LogP contribution in [-0.2, 0) is 9.59 Å². The van der Waals surface area contributed by atoms with E-state index in [-0.39, 0.29) is 23.9 Å². The van der Waals surface area contributed by atoms with Gasteiger partial charge in [-0.3, -0.25) is 14.6 Å². The molecule has 2 heterocycles. The smallest absolute Gasteiger partial charge is 0.232 e. The van der Waals surface area contributed by atoms with E-state index in [4.69, 9.17) is 0 Å². The van der Waals surface area contributed by atoms with Gasteiger partial charge in [0.15, 0.2) is 0 Å². The minimum absolute atomic E-state index is 0.158. The van der Waals surface area contributed by atoms with Crippen LogP contribution in [-0.4, -0.2) is 16.7 Å². The fourth-order valence-electron chi connectivity index (χ4n) is 2.42. The second-order valence-electron chi connectivity index (χ2n) is 5.52. The zero-order valence-corrected chi connectivity index (χ0v) is 14.3. The number of Topliss-reactive ketones (excluding diaryl/α,β-unsaturated/α-hetero) is 1. The first-order chi connectivity index (χ1) is 12.0. The van der Waals surface area contributed by atoms with Crippen molar-refractivity contribution < 1.29 is 14.0 Å². The number of rotatable bonds is 5. The minimum atomic E-state index is -0.347. The van der Waals surface area contributed by atoms with Crippen molar-refractivity contribution in [2.45, 2.75) is 13.3 Å². The maximum absolute atomic E-state index is 13.2. The van der Waals surface area contributed by atoms with Gasteiger partial charge >= 0.3 is 0 Å². The number of nitrogens with zero attached hydrogens (tertiary/aromatic N) is 1. The summed E-state index contributed by atoms with van der Waals surface area (Å²) < 4.78 is 13.2. The lowest BCUT2D eigenvalue weighted by molar-refractivity contribution is -0.124. The van der Waals surface area contributed by atoms with Gasteiger partial charge in [-0.25, -0.2) is 4.39 Å². The summed E-state index contributed by atoms with van der Waals surface area (Å²) in [4.78, 5) is 27.9. The number of amides is 1. The first-order valence-electron chi connectivity index (χ1n) is 7.62. The number of thiophene rings is 1. The number of anilines is 1. The highest BCUT2D eigenvalue weighted by atomic mass is 32.1. The van der Waals surface area contributed by atoms with Gasteiger partial charge in [0.25, 0.3) is 0 Å². The van der Waals surface area contributed by atoms with Gasteiger partial charge < -0.3 is 5.32 Å². The highest BCUT2D eigenvalue weighted by molar-refractivity contribution is 7.20. The standard InChI is InChI=1S/C19H15FN2O2S/c1-12(23)10-17(24)22-18-11-16(13-6-8-21-9-7-13)19(25-18)14-2-4-15(20)5-3-14/h2-9,11H,10H2,1H3,(H,22,24). The lowest BCUT2D eigenvalue weighted by Gasteiger charge is -2.03. The molecule has 2 aromatic heterocycles. The van der Waals surface area contributed by atoms with Crippen molar-refractivity contribution in [3.8, 4) is 21.6 Å². The average molecular weight is 354 g/mol. The third-order valence-corrected chi connectivity index (χ3v) is 4.60. The SMILES string of the molecule is CC(=O)CC(=O)Nc1cc(-c2ccncc2)c(-c2ccc(F)cc2)s1. The van der Waals surface area contributed by atoms with Crippen LogP contribution in [0.3, 0.4) is 0 Å². The normalized spacial score (nSPS) is 10.5. The van der Waals surface area contributed by atoms with Crippen molar-refractivity contribution in [2.75, 3.05) is 5.32 Å². The van der Waals surface area contributed by atoms with Gasteiger partial charge in [-0.2, -0.15) is 0 Å². The van der Waals surface area contributed by atoms with E-state index >= 15 is 0 Å². The van der Waals surface area contributed by atoms with Crippen molar-refractivity contribution in [3.05, 3.63) is 60.7 Å². The Morgan fingerprint density at radius 2 is 1.76 bits per heavy atom. The maximum Gasteiger partial charge on any atom is 0.232 e. The monoisotopic (exact) mass is 354 g/mol. The number of aromatic nitrogens is 1. The summed E-state index contributed by atoms with van der Waals surface area (Å²) in [5.74, 6) is -0.844. The number of nitrogens with one attached hydrogen (secondary N) is 1. The predicted octanol–water partition coefficient (Wildman–Crippen LogP) is 4.53. The molecule has 3 aromatic rings. The van der Waals surface area contributed by atoms with E-state index in [1.807, 2.05) is 18.2 Å². The largest absolute Gasteiger partial charge is 0.317 e. The van der Waals surface area contributed by atoms with Crippen LogP contribution in [0, 0.1) is 5.82 Å².